The van der Waals surface area contributed by atoms with Gasteiger partial charge in [-0.15, -0.1) is 0 Å². The van der Waals surface area contributed by atoms with E-state index in [-0.39, 0.29) is 0 Å². The third-order valence-electron chi connectivity index (χ3n) is 3.09. The third-order valence-corrected chi connectivity index (χ3v) is 3.66. The van der Waals surface area contributed by atoms with Crippen molar-refractivity contribution in [3.8, 4) is 0 Å². The first-order valence-electron chi connectivity index (χ1n) is 6.15. The normalized spacial score (nSPS) is 17.2. The van der Waals surface area contributed by atoms with Crippen molar-refractivity contribution >= 4 is 11.8 Å². The Bertz CT molecular complexity index is 322. The Balaban J connectivity index is 1.69. The maximum absolute atomic E-state index is 4.26. The lowest BCUT2D eigenvalue weighted by molar-refractivity contribution is 0.356. The van der Waals surface area contributed by atoms with Gasteiger partial charge in [-0.05, 0) is 44.6 Å². The molecule has 2 heterocycles. The Kier molecular flexibility index (Phi) is 5.22. The molecule has 0 spiro atoms. The summed E-state index contributed by atoms with van der Waals surface area (Å²) in [6.07, 6.45) is 8.39. The molecule has 0 radical (unpaired) electrons. The molecule has 5 heteroatoms. The number of nitrogens with zero attached hydrogens (tertiary/aromatic N) is 2. The van der Waals surface area contributed by atoms with E-state index in [1.165, 1.54) is 12.8 Å². The molecule has 0 amide bonds. The lowest BCUT2D eigenvalue weighted by atomic mass is 9.98. The molecule has 0 unspecified atom stereocenters. The second-order valence-corrected chi connectivity index (χ2v) is 5.18. The SMILES string of the molecule is CSc1ncc(CNCC2CCNCC2)cn1. The highest BCUT2D eigenvalue weighted by atomic mass is 32.2. The van der Waals surface area contributed by atoms with E-state index in [4.69, 9.17) is 0 Å². The molecule has 0 saturated carbocycles. The molecule has 1 saturated heterocycles. The van der Waals surface area contributed by atoms with Crippen molar-refractivity contribution in [1.29, 1.82) is 0 Å². The summed E-state index contributed by atoms with van der Waals surface area (Å²) in [5.41, 5.74) is 1.16. The van der Waals surface area contributed by atoms with Crippen molar-refractivity contribution in [2.24, 2.45) is 5.92 Å². The molecular weight excluding hydrogens is 232 g/mol. The molecule has 0 bridgehead atoms. The zero-order valence-electron chi connectivity index (χ0n) is 10.3. The molecule has 94 valence electrons. The number of nitrogens with one attached hydrogen (secondary N) is 2. The summed E-state index contributed by atoms with van der Waals surface area (Å²) in [5, 5.41) is 7.72. The molecule has 0 aromatic carbocycles. The summed E-state index contributed by atoms with van der Waals surface area (Å²) in [4.78, 5) is 8.53. The van der Waals surface area contributed by atoms with E-state index in [2.05, 4.69) is 20.6 Å². The van der Waals surface area contributed by atoms with E-state index < -0.39 is 0 Å². The largest absolute Gasteiger partial charge is 0.317 e. The van der Waals surface area contributed by atoms with Crippen molar-refractivity contribution in [2.45, 2.75) is 24.5 Å². The minimum atomic E-state index is 0.822. The van der Waals surface area contributed by atoms with Crippen LogP contribution in [0.1, 0.15) is 18.4 Å². The summed E-state index contributed by atoms with van der Waals surface area (Å²) < 4.78 is 0. The van der Waals surface area contributed by atoms with Crippen LogP contribution in [0.2, 0.25) is 0 Å². The minimum Gasteiger partial charge on any atom is -0.317 e. The average Bonchev–Trinajstić information content (AvgIpc) is 2.41. The van der Waals surface area contributed by atoms with E-state index >= 15 is 0 Å². The Hall–Kier alpha value is -0.650. The zero-order chi connectivity index (χ0) is 11.9. The van der Waals surface area contributed by atoms with Gasteiger partial charge in [-0.2, -0.15) is 0 Å². The van der Waals surface area contributed by atoms with Crippen molar-refractivity contribution in [1.82, 2.24) is 20.6 Å². The first kappa shape index (κ1) is 12.8. The Morgan fingerprint density at radius 1 is 1.35 bits per heavy atom. The van der Waals surface area contributed by atoms with Crippen molar-refractivity contribution in [3.63, 3.8) is 0 Å². The van der Waals surface area contributed by atoms with Gasteiger partial charge in [-0.3, -0.25) is 0 Å². The highest BCUT2D eigenvalue weighted by Gasteiger charge is 2.11. The number of thioether (sulfide) groups is 1. The van der Waals surface area contributed by atoms with Gasteiger partial charge in [0.15, 0.2) is 5.16 Å². The average molecular weight is 252 g/mol. The van der Waals surface area contributed by atoms with Crippen molar-refractivity contribution < 1.29 is 0 Å². The minimum absolute atomic E-state index is 0.822. The van der Waals surface area contributed by atoms with Gasteiger partial charge in [0.05, 0.1) is 0 Å². The van der Waals surface area contributed by atoms with Crippen LogP contribution in [0.4, 0.5) is 0 Å². The highest BCUT2D eigenvalue weighted by molar-refractivity contribution is 7.98. The molecule has 1 aromatic heterocycles. The smallest absolute Gasteiger partial charge is 0.187 e. The second-order valence-electron chi connectivity index (χ2n) is 4.40. The van der Waals surface area contributed by atoms with E-state index in [1.54, 1.807) is 11.8 Å². The van der Waals surface area contributed by atoms with E-state index in [1.807, 2.05) is 18.6 Å². The quantitative estimate of drug-likeness (QED) is 0.611. The summed E-state index contributed by atoms with van der Waals surface area (Å²) in [5.74, 6) is 0.822. The van der Waals surface area contributed by atoms with Crippen LogP contribution in [0.5, 0.6) is 0 Å². The van der Waals surface area contributed by atoms with Crippen LogP contribution < -0.4 is 10.6 Å². The molecular formula is C12H20N4S. The third kappa shape index (κ3) is 4.26. The monoisotopic (exact) mass is 252 g/mol. The molecule has 0 atom stereocenters. The fourth-order valence-corrected chi connectivity index (χ4v) is 2.36. The van der Waals surface area contributed by atoms with Crippen LogP contribution in [0, 0.1) is 5.92 Å². The lowest BCUT2D eigenvalue weighted by Crippen LogP contribution is -2.33. The van der Waals surface area contributed by atoms with Gasteiger partial charge in [0, 0.05) is 24.5 Å². The molecule has 17 heavy (non-hydrogen) atoms. The van der Waals surface area contributed by atoms with Crippen molar-refractivity contribution in [3.05, 3.63) is 18.0 Å². The maximum Gasteiger partial charge on any atom is 0.187 e. The lowest BCUT2D eigenvalue weighted by Gasteiger charge is -2.22. The van der Waals surface area contributed by atoms with Crippen molar-refractivity contribution in [2.75, 3.05) is 25.9 Å². The van der Waals surface area contributed by atoms with Crippen LogP contribution >= 0.6 is 11.8 Å². The molecule has 1 fully saturated rings. The van der Waals surface area contributed by atoms with E-state index in [0.29, 0.717) is 0 Å². The Labute approximate surface area is 107 Å². The fraction of sp³-hybridized carbons (Fsp3) is 0.667. The van der Waals surface area contributed by atoms with Gasteiger partial charge >= 0.3 is 0 Å². The van der Waals surface area contributed by atoms with Crippen LogP contribution in [-0.2, 0) is 6.54 Å². The number of piperidine rings is 1. The summed E-state index contributed by atoms with van der Waals surface area (Å²) in [6, 6.07) is 0. The predicted octanol–water partition coefficient (Wildman–Crippen LogP) is 1.29. The van der Waals surface area contributed by atoms with E-state index in [9.17, 15) is 0 Å². The standard InChI is InChI=1S/C12H20N4S/c1-17-12-15-8-11(9-16-12)7-14-6-10-2-4-13-5-3-10/h8-10,13-14H,2-7H2,1H3. The van der Waals surface area contributed by atoms with E-state index in [0.717, 1.165) is 42.8 Å². The number of rotatable bonds is 5. The van der Waals surface area contributed by atoms with Gasteiger partial charge < -0.3 is 10.6 Å². The summed E-state index contributed by atoms with van der Waals surface area (Å²) in [7, 11) is 0. The first-order valence-corrected chi connectivity index (χ1v) is 7.37. The molecule has 1 aromatic rings. The fourth-order valence-electron chi connectivity index (χ4n) is 2.05. The summed E-state index contributed by atoms with van der Waals surface area (Å²) in [6.45, 7) is 4.31. The molecule has 0 aliphatic carbocycles. The Morgan fingerprint density at radius 3 is 2.71 bits per heavy atom. The Morgan fingerprint density at radius 2 is 2.06 bits per heavy atom. The van der Waals surface area contributed by atoms with Crippen LogP contribution in [-0.4, -0.2) is 35.9 Å². The topological polar surface area (TPSA) is 49.8 Å². The van der Waals surface area contributed by atoms with Gasteiger partial charge in [0.1, 0.15) is 0 Å². The molecule has 4 nitrogen and oxygen atoms in total. The van der Waals surface area contributed by atoms with Gasteiger partial charge in [-0.1, -0.05) is 11.8 Å². The zero-order valence-corrected chi connectivity index (χ0v) is 11.1. The van der Waals surface area contributed by atoms with Crippen LogP contribution in [0.25, 0.3) is 0 Å². The van der Waals surface area contributed by atoms with Gasteiger partial charge in [-0.25, -0.2) is 9.97 Å². The number of hydrogen-bond acceptors (Lipinski definition) is 5. The first-order chi connectivity index (χ1) is 8.38. The van der Waals surface area contributed by atoms with Gasteiger partial charge in [0.2, 0.25) is 0 Å². The number of hydrogen-bond donors (Lipinski definition) is 2. The highest BCUT2D eigenvalue weighted by Crippen LogP contribution is 2.10. The second kappa shape index (κ2) is 6.93. The van der Waals surface area contributed by atoms with Crippen LogP contribution in [0.15, 0.2) is 17.6 Å². The predicted molar refractivity (Wildman–Crippen MR) is 71.1 cm³/mol. The molecule has 2 rings (SSSR count). The summed E-state index contributed by atoms with van der Waals surface area (Å²) >= 11 is 1.57. The molecule has 2 N–H and O–H groups in total. The van der Waals surface area contributed by atoms with Crippen LogP contribution in [0.3, 0.4) is 0 Å². The van der Waals surface area contributed by atoms with Gasteiger partial charge in [0.25, 0.3) is 0 Å². The maximum atomic E-state index is 4.26. The number of aromatic nitrogens is 2. The molecule has 1 aliphatic heterocycles. The molecule has 1 aliphatic rings.